The quantitative estimate of drug-likeness (QED) is 0.622. The van der Waals surface area contributed by atoms with Crippen LogP contribution in [0.5, 0.6) is 0 Å². The predicted molar refractivity (Wildman–Crippen MR) is 76.6 cm³/mol. The normalized spacial score (nSPS) is 20.5. The summed E-state index contributed by atoms with van der Waals surface area (Å²) in [6.45, 7) is 5.46. The molecule has 1 aromatic heterocycles. The molecule has 3 N–H and O–H groups in total. The predicted octanol–water partition coefficient (Wildman–Crippen LogP) is 0.898. The van der Waals surface area contributed by atoms with Crippen molar-refractivity contribution in [1.82, 2.24) is 9.88 Å². The molecule has 2 heterocycles. The van der Waals surface area contributed by atoms with Crippen molar-refractivity contribution in [2.24, 2.45) is 11.7 Å². The van der Waals surface area contributed by atoms with Crippen LogP contribution in [-0.4, -0.2) is 48.4 Å². The Balaban J connectivity index is 1.65. The number of nitrogens with zero attached hydrogens (tertiary/aromatic N) is 3. The lowest BCUT2D eigenvalue weighted by Gasteiger charge is -2.36. The molecule has 1 aliphatic carbocycles. The fourth-order valence-corrected chi connectivity index (χ4v) is 2.70. The van der Waals surface area contributed by atoms with E-state index >= 15 is 0 Å². The zero-order valence-electron chi connectivity index (χ0n) is 11.2. The van der Waals surface area contributed by atoms with Crippen LogP contribution >= 0.6 is 0 Å². The van der Waals surface area contributed by atoms with Crippen LogP contribution in [0.3, 0.4) is 0 Å². The highest BCUT2D eigenvalue weighted by Crippen LogP contribution is 2.30. The third-order valence-corrected chi connectivity index (χ3v) is 3.97. The van der Waals surface area contributed by atoms with Gasteiger partial charge in [0.05, 0.1) is 5.69 Å². The van der Waals surface area contributed by atoms with Crippen LogP contribution in [0.15, 0.2) is 18.3 Å². The minimum atomic E-state index is 0.0519. The average molecular weight is 259 g/mol. The van der Waals surface area contributed by atoms with E-state index in [1.165, 1.54) is 19.4 Å². The van der Waals surface area contributed by atoms with E-state index in [4.69, 9.17) is 11.1 Å². The monoisotopic (exact) mass is 259 g/mol. The Labute approximate surface area is 113 Å². The SMILES string of the molecule is N=C(N)c1ncccc1N1CCN(CC2CC2)CC1. The van der Waals surface area contributed by atoms with Gasteiger partial charge in [0.15, 0.2) is 0 Å². The second-order valence-electron chi connectivity index (χ2n) is 5.52. The van der Waals surface area contributed by atoms with Crippen LogP contribution in [0.25, 0.3) is 0 Å². The molecule has 102 valence electrons. The first-order chi connectivity index (χ1) is 9.24. The number of nitrogens with one attached hydrogen (secondary N) is 1. The van der Waals surface area contributed by atoms with Crippen LogP contribution in [0.4, 0.5) is 5.69 Å². The molecule has 0 amide bonds. The first-order valence-corrected chi connectivity index (χ1v) is 7.01. The second kappa shape index (κ2) is 5.17. The molecule has 0 radical (unpaired) electrons. The van der Waals surface area contributed by atoms with E-state index < -0.39 is 0 Å². The molecule has 1 saturated heterocycles. The van der Waals surface area contributed by atoms with Gasteiger partial charge in [-0.3, -0.25) is 15.3 Å². The summed E-state index contributed by atoms with van der Waals surface area (Å²) < 4.78 is 0. The molecule has 5 nitrogen and oxygen atoms in total. The molecule has 2 fully saturated rings. The first-order valence-electron chi connectivity index (χ1n) is 7.01. The van der Waals surface area contributed by atoms with Gasteiger partial charge in [-0.2, -0.15) is 0 Å². The van der Waals surface area contributed by atoms with Crippen molar-refractivity contribution in [1.29, 1.82) is 5.41 Å². The largest absolute Gasteiger partial charge is 0.382 e. The topological polar surface area (TPSA) is 69.2 Å². The van der Waals surface area contributed by atoms with Crippen LogP contribution in [0.2, 0.25) is 0 Å². The molecule has 5 heteroatoms. The number of anilines is 1. The lowest BCUT2D eigenvalue weighted by Crippen LogP contribution is -2.47. The fraction of sp³-hybridized carbons (Fsp3) is 0.571. The summed E-state index contributed by atoms with van der Waals surface area (Å²) in [5.41, 5.74) is 7.22. The molecule has 1 aromatic rings. The summed E-state index contributed by atoms with van der Waals surface area (Å²) in [5.74, 6) is 1.01. The molecule has 1 saturated carbocycles. The van der Waals surface area contributed by atoms with Gasteiger partial charge in [-0.15, -0.1) is 0 Å². The number of hydrogen-bond acceptors (Lipinski definition) is 4. The van der Waals surface area contributed by atoms with E-state index in [1.54, 1.807) is 6.20 Å². The summed E-state index contributed by atoms with van der Waals surface area (Å²) in [4.78, 5) is 9.08. The summed E-state index contributed by atoms with van der Waals surface area (Å²) in [6, 6.07) is 3.93. The van der Waals surface area contributed by atoms with Gasteiger partial charge in [0.2, 0.25) is 0 Å². The van der Waals surface area contributed by atoms with E-state index in [2.05, 4.69) is 14.8 Å². The highest BCUT2D eigenvalue weighted by atomic mass is 15.3. The maximum absolute atomic E-state index is 7.61. The molecule has 0 bridgehead atoms. The van der Waals surface area contributed by atoms with Crippen molar-refractivity contribution in [3.8, 4) is 0 Å². The molecule has 0 aromatic carbocycles. The first kappa shape index (κ1) is 12.4. The summed E-state index contributed by atoms with van der Waals surface area (Å²) in [6.07, 6.45) is 4.53. The number of hydrogen-bond donors (Lipinski definition) is 2. The maximum Gasteiger partial charge on any atom is 0.143 e. The maximum atomic E-state index is 7.61. The minimum absolute atomic E-state index is 0.0519. The van der Waals surface area contributed by atoms with E-state index in [-0.39, 0.29) is 5.84 Å². The van der Waals surface area contributed by atoms with Gasteiger partial charge in [-0.1, -0.05) is 0 Å². The standard InChI is InChI=1S/C14H21N5/c15-14(16)13-12(2-1-5-17-13)19-8-6-18(7-9-19)10-11-3-4-11/h1-2,5,11H,3-4,6-10H2,(H3,15,16). The Hall–Kier alpha value is -1.62. The Morgan fingerprint density at radius 3 is 2.68 bits per heavy atom. The number of aromatic nitrogens is 1. The Morgan fingerprint density at radius 2 is 2.05 bits per heavy atom. The second-order valence-corrected chi connectivity index (χ2v) is 5.52. The Morgan fingerprint density at radius 1 is 1.32 bits per heavy atom. The van der Waals surface area contributed by atoms with Gasteiger partial charge in [-0.25, -0.2) is 0 Å². The van der Waals surface area contributed by atoms with Gasteiger partial charge in [0, 0.05) is 38.9 Å². The number of rotatable bonds is 4. The smallest absolute Gasteiger partial charge is 0.143 e. The van der Waals surface area contributed by atoms with Crippen molar-refractivity contribution in [2.75, 3.05) is 37.6 Å². The molecular weight excluding hydrogens is 238 g/mol. The number of pyridine rings is 1. The molecule has 0 unspecified atom stereocenters. The zero-order valence-corrected chi connectivity index (χ0v) is 11.2. The van der Waals surface area contributed by atoms with Crippen LogP contribution in [0.1, 0.15) is 18.5 Å². The lowest BCUT2D eigenvalue weighted by atomic mass is 10.2. The van der Waals surface area contributed by atoms with Crippen molar-refractivity contribution < 1.29 is 0 Å². The van der Waals surface area contributed by atoms with Crippen LogP contribution in [-0.2, 0) is 0 Å². The minimum Gasteiger partial charge on any atom is -0.382 e. The zero-order chi connectivity index (χ0) is 13.2. The highest BCUT2D eigenvalue weighted by molar-refractivity contribution is 5.98. The van der Waals surface area contributed by atoms with Crippen molar-refractivity contribution >= 4 is 11.5 Å². The molecule has 0 spiro atoms. The molecule has 0 atom stereocenters. The molecule has 1 aliphatic heterocycles. The third-order valence-electron chi connectivity index (χ3n) is 3.97. The van der Waals surface area contributed by atoms with Crippen molar-refractivity contribution in [2.45, 2.75) is 12.8 Å². The van der Waals surface area contributed by atoms with Crippen molar-refractivity contribution in [3.05, 3.63) is 24.0 Å². The highest BCUT2D eigenvalue weighted by Gasteiger charge is 2.27. The van der Waals surface area contributed by atoms with E-state index in [0.717, 1.165) is 37.8 Å². The van der Waals surface area contributed by atoms with Gasteiger partial charge in [0.25, 0.3) is 0 Å². The van der Waals surface area contributed by atoms with E-state index in [9.17, 15) is 0 Å². The number of amidine groups is 1. The molecule has 3 rings (SSSR count). The summed E-state index contributed by atoms with van der Waals surface area (Å²) in [5, 5.41) is 7.61. The van der Waals surface area contributed by atoms with Gasteiger partial charge in [0.1, 0.15) is 11.5 Å². The van der Waals surface area contributed by atoms with E-state index in [1.807, 2.05) is 12.1 Å². The van der Waals surface area contributed by atoms with Crippen LogP contribution in [0, 0.1) is 11.3 Å². The average Bonchev–Trinajstić information content (AvgIpc) is 3.23. The number of piperazine rings is 1. The third kappa shape index (κ3) is 2.87. The number of nitrogens with two attached hydrogens (primary N) is 1. The Kier molecular flexibility index (Phi) is 3.38. The summed E-state index contributed by atoms with van der Waals surface area (Å²) in [7, 11) is 0. The van der Waals surface area contributed by atoms with Gasteiger partial charge in [-0.05, 0) is 30.9 Å². The molecule has 2 aliphatic rings. The van der Waals surface area contributed by atoms with Gasteiger partial charge >= 0.3 is 0 Å². The number of nitrogen functional groups attached to an aromatic ring is 1. The summed E-state index contributed by atoms with van der Waals surface area (Å²) >= 11 is 0. The Bertz CT molecular complexity index is 461. The van der Waals surface area contributed by atoms with Crippen molar-refractivity contribution in [3.63, 3.8) is 0 Å². The van der Waals surface area contributed by atoms with Crippen LogP contribution < -0.4 is 10.6 Å². The van der Waals surface area contributed by atoms with Gasteiger partial charge < -0.3 is 10.6 Å². The molecule has 19 heavy (non-hydrogen) atoms. The lowest BCUT2D eigenvalue weighted by molar-refractivity contribution is 0.248. The van der Waals surface area contributed by atoms with E-state index in [0.29, 0.717) is 5.69 Å². The fourth-order valence-electron chi connectivity index (χ4n) is 2.70. The molecular formula is C14H21N5.